The zero-order valence-corrected chi connectivity index (χ0v) is 17.8. The molecule has 0 aromatic heterocycles. The predicted molar refractivity (Wildman–Crippen MR) is 105 cm³/mol. The monoisotopic (exact) mass is 343 g/mol. The molecular weight excluding hydrogens is 302 g/mol. The lowest BCUT2D eigenvalue weighted by atomic mass is 9.41. The third-order valence-corrected chi connectivity index (χ3v) is 11.3. The SMILES string of the molecule is CC1C2CC3CC(C2)C3C(C)(C)C(C)(C)N2C3CC2CC(C3)C1(C)C. The number of rotatable bonds is 0. The van der Waals surface area contributed by atoms with E-state index in [9.17, 15) is 0 Å². The van der Waals surface area contributed by atoms with Crippen molar-refractivity contribution in [2.45, 2.75) is 105 Å². The van der Waals surface area contributed by atoms with Crippen molar-refractivity contribution in [1.82, 2.24) is 4.90 Å². The molecule has 1 nitrogen and oxygen atoms in total. The van der Waals surface area contributed by atoms with Crippen LogP contribution >= 0.6 is 0 Å². The number of piperidine rings is 1. The Morgan fingerprint density at radius 2 is 1.20 bits per heavy atom. The summed E-state index contributed by atoms with van der Waals surface area (Å²) in [5, 5.41) is 0. The molecule has 0 radical (unpaired) electrons. The number of nitrogens with zero attached hydrogens (tertiary/aromatic N) is 1. The summed E-state index contributed by atoms with van der Waals surface area (Å²) in [4.78, 5) is 3.01. The second-order valence-electron chi connectivity index (χ2n) is 12.5. The molecule has 6 aliphatic heterocycles. The topological polar surface area (TPSA) is 3.24 Å². The first-order valence-electron chi connectivity index (χ1n) is 11.3. The van der Waals surface area contributed by atoms with E-state index in [0.29, 0.717) is 16.4 Å². The molecule has 5 atom stereocenters. The van der Waals surface area contributed by atoms with Crippen LogP contribution in [0.3, 0.4) is 0 Å². The van der Waals surface area contributed by atoms with Gasteiger partial charge in [0.1, 0.15) is 0 Å². The van der Waals surface area contributed by atoms with Crippen molar-refractivity contribution >= 4 is 0 Å². The predicted octanol–water partition coefficient (Wildman–Crippen LogP) is 5.98. The van der Waals surface area contributed by atoms with Gasteiger partial charge in [-0.2, -0.15) is 0 Å². The summed E-state index contributed by atoms with van der Waals surface area (Å²) in [6.07, 6.45) is 9.04. The van der Waals surface area contributed by atoms with E-state index in [4.69, 9.17) is 0 Å². The molecule has 6 saturated heterocycles. The third kappa shape index (κ3) is 1.95. The normalized spacial score (nSPS) is 57.0. The fraction of sp³-hybridized carbons (Fsp3) is 1.00. The van der Waals surface area contributed by atoms with Gasteiger partial charge in [0.15, 0.2) is 0 Å². The summed E-state index contributed by atoms with van der Waals surface area (Å²) in [6.45, 7) is 18.4. The van der Waals surface area contributed by atoms with Crippen LogP contribution in [0.4, 0.5) is 0 Å². The maximum absolute atomic E-state index is 3.01. The van der Waals surface area contributed by atoms with Gasteiger partial charge in [-0.1, -0.05) is 34.6 Å². The van der Waals surface area contributed by atoms with Gasteiger partial charge in [0.05, 0.1) is 0 Å². The summed E-state index contributed by atoms with van der Waals surface area (Å²) in [6, 6.07) is 1.75. The van der Waals surface area contributed by atoms with Crippen molar-refractivity contribution in [2.75, 3.05) is 0 Å². The van der Waals surface area contributed by atoms with E-state index in [1.165, 1.54) is 32.1 Å². The molecule has 0 aromatic carbocycles. The maximum atomic E-state index is 3.01. The quantitative estimate of drug-likeness (QED) is 0.523. The Balaban J connectivity index is 1.58. The third-order valence-electron chi connectivity index (χ3n) is 11.3. The molecule has 4 saturated carbocycles. The Bertz CT molecular complexity index is 549. The molecule has 0 amide bonds. The summed E-state index contributed by atoms with van der Waals surface area (Å²) in [5.74, 6) is 5.88. The second-order valence-corrected chi connectivity index (χ2v) is 12.5. The molecule has 0 N–H and O–H groups in total. The average Bonchev–Trinajstić information content (AvgIpc) is 2.52. The molecule has 0 aromatic rings. The van der Waals surface area contributed by atoms with Gasteiger partial charge < -0.3 is 0 Å². The first kappa shape index (κ1) is 17.1. The lowest BCUT2D eigenvalue weighted by molar-refractivity contribution is -0.223. The second kappa shape index (κ2) is 4.86. The fourth-order valence-corrected chi connectivity index (χ4v) is 8.93. The van der Waals surface area contributed by atoms with E-state index in [0.717, 1.165) is 47.6 Å². The summed E-state index contributed by atoms with van der Waals surface area (Å²) in [7, 11) is 0. The van der Waals surface area contributed by atoms with Crippen molar-refractivity contribution in [3.8, 4) is 0 Å². The molecule has 4 aliphatic carbocycles. The minimum atomic E-state index is 0.356. The zero-order valence-electron chi connectivity index (χ0n) is 17.8. The van der Waals surface area contributed by atoms with Crippen LogP contribution in [-0.4, -0.2) is 22.5 Å². The summed E-state index contributed by atoms with van der Waals surface area (Å²) >= 11 is 0. The average molecular weight is 344 g/mol. The van der Waals surface area contributed by atoms with Gasteiger partial charge in [0.25, 0.3) is 0 Å². The standard InChI is InChI=1S/C24H41N/c1-14-15-8-16-10-17(9-15)21(16)23(4,5)24(6,7)25-19-11-18(22(14,2)3)12-20(25)13-19/h14-21H,8-13H2,1-7H3. The molecule has 25 heavy (non-hydrogen) atoms. The highest BCUT2D eigenvalue weighted by Gasteiger charge is 2.64. The van der Waals surface area contributed by atoms with Crippen molar-refractivity contribution in [3.63, 3.8) is 0 Å². The first-order valence-corrected chi connectivity index (χ1v) is 11.3. The molecule has 10 aliphatic rings. The molecule has 142 valence electrons. The Hall–Kier alpha value is -0.0400. The molecule has 8 bridgehead atoms. The molecular formula is C24H41N. The minimum Gasteiger partial charge on any atom is -0.292 e. The van der Waals surface area contributed by atoms with E-state index < -0.39 is 0 Å². The van der Waals surface area contributed by atoms with Gasteiger partial charge in [-0.05, 0) is 98.7 Å². The highest BCUT2D eigenvalue weighted by atomic mass is 15.3. The van der Waals surface area contributed by atoms with Crippen molar-refractivity contribution < 1.29 is 0 Å². The highest BCUT2D eigenvalue weighted by molar-refractivity contribution is 5.16. The Morgan fingerprint density at radius 3 is 1.76 bits per heavy atom. The van der Waals surface area contributed by atoms with E-state index in [-0.39, 0.29) is 0 Å². The van der Waals surface area contributed by atoms with Crippen LogP contribution in [0.1, 0.15) is 87.0 Å². The zero-order chi connectivity index (χ0) is 17.9. The molecule has 0 spiro atoms. The lowest BCUT2D eigenvalue weighted by Gasteiger charge is -2.72. The lowest BCUT2D eigenvalue weighted by Crippen LogP contribution is -2.74. The van der Waals surface area contributed by atoms with Gasteiger partial charge in [-0.3, -0.25) is 4.90 Å². The summed E-state index contributed by atoms with van der Waals surface area (Å²) < 4.78 is 0. The van der Waals surface area contributed by atoms with E-state index in [2.05, 4.69) is 53.4 Å². The van der Waals surface area contributed by atoms with Crippen LogP contribution in [0.2, 0.25) is 0 Å². The van der Waals surface area contributed by atoms with Crippen molar-refractivity contribution in [2.24, 2.45) is 46.3 Å². The Morgan fingerprint density at radius 1 is 0.680 bits per heavy atom. The minimum absolute atomic E-state index is 0.356. The van der Waals surface area contributed by atoms with Crippen LogP contribution in [0, 0.1) is 46.3 Å². The summed E-state index contributed by atoms with van der Waals surface area (Å²) in [5.41, 5.74) is 1.34. The van der Waals surface area contributed by atoms with Crippen LogP contribution in [0.5, 0.6) is 0 Å². The Kier molecular flexibility index (Phi) is 3.32. The molecule has 6 heterocycles. The number of hydrogen-bond acceptors (Lipinski definition) is 1. The molecule has 5 unspecified atom stereocenters. The Labute approximate surface area is 156 Å². The van der Waals surface area contributed by atoms with Crippen molar-refractivity contribution in [1.29, 1.82) is 0 Å². The van der Waals surface area contributed by atoms with E-state index in [1.807, 2.05) is 0 Å². The largest absolute Gasteiger partial charge is 0.292 e. The van der Waals surface area contributed by atoms with Gasteiger partial charge in [-0.25, -0.2) is 0 Å². The van der Waals surface area contributed by atoms with Gasteiger partial charge in [0, 0.05) is 17.6 Å². The smallest absolute Gasteiger partial charge is 0.0212 e. The van der Waals surface area contributed by atoms with E-state index in [1.54, 1.807) is 6.42 Å². The molecule has 1 heteroatoms. The highest BCUT2D eigenvalue weighted by Crippen LogP contribution is 2.67. The first-order chi connectivity index (χ1) is 11.5. The van der Waals surface area contributed by atoms with Crippen LogP contribution in [0.15, 0.2) is 0 Å². The maximum Gasteiger partial charge on any atom is 0.0212 e. The van der Waals surface area contributed by atoms with Gasteiger partial charge >= 0.3 is 0 Å². The van der Waals surface area contributed by atoms with Crippen molar-refractivity contribution in [3.05, 3.63) is 0 Å². The molecule has 10 fully saturated rings. The van der Waals surface area contributed by atoms with Crippen LogP contribution < -0.4 is 0 Å². The van der Waals surface area contributed by atoms with Crippen LogP contribution in [-0.2, 0) is 0 Å². The van der Waals surface area contributed by atoms with E-state index >= 15 is 0 Å². The molecule has 10 rings (SSSR count). The fourth-order valence-electron chi connectivity index (χ4n) is 8.93. The van der Waals surface area contributed by atoms with Gasteiger partial charge in [0.2, 0.25) is 0 Å². The number of hydrogen-bond donors (Lipinski definition) is 0. The van der Waals surface area contributed by atoms with Gasteiger partial charge in [-0.15, -0.1) is 0 Å². The van der Waals surface area contributed by atoms with Crippen LogP contribution in [0.25, 0.3) is 0 Å².